The van der Waals surface area contributed by atoms with Crippen molar-refractivity contribution < 1.29 is 0 Å². The number of aryl methyl sites for hydroxylation is 2. The standard InChI is InChI=1S/C12H11N3/c13-12-11-9-4-2-1-3-8(9)5-6-10(11)14-7-15-12/h1-4,7H,5-6H2,(H2,13,14,15). The second kappa shape index (κ2) is 3.05. The molecule has 3 heteroatoms. The average molecular weight is 197 g/mol. The van der Waals surface area contributed by atoms with Crippen LogP contribution in [0.3, 0.4) is 0 Å². The van der Waals surface area contributed by atoms with Crippen LogP contribution in [0.5, 0.6) is 0 Å². The van der Waals surface area contributed by atoms with Crippen molar-refractivity contribution in [2.45, 2.75) is 12.8 Å². The van der Waals surface area contributed by atoms with Gasteiger partial charge in [-0.2, -0.15) is 0 Å². The highest BCUT2D eigenvalue weighted by Gasteiger charge is 2.19. The fourth-order valence-corrected chi connectivity index (χ4v) is 2.16. The van der Waals surface area contributed by atoms with Crippen LogP contribution in [-0.2, 0) is 12.8 Å². The van der Waals surface area contributed by atoms with Gasteiger partial charge < -0.3 is 5.73 Å². The van der Waals surface area contributed by atoms with Crippen LogP contribution >= 0.6 is 0 Å². The van der Waals surface area contributed by atoms with Gasteiger partial charge in [0.05, 0.1) is 5.69 Å². The molecule has 0 fully saturated rings. The molecule has 0 aliphatic heterocycles. The molecular formula is C12H11N3. The minimum absolute atomic E-state index is 0.590. The lowest BCUT2D eigenvalue weighted by atomic mass is 9.89. The summed E-state index contributed by atoms with van der Waals surface area (Å²) in [5, 5.41) is 0. The van der Waals surface area contributed by atoms with E-state index in [9.17, 15) is 0 Å². The van der Waals surface area contributed by atoms with Gasteiger partial charge in [-0.1, -0.05) is 24.3 Å². The monoisotopic (exact) mass is 197 g/mol. The molecular weight excluding hydrogens is 186 g/mol. The normalized spacial score (nSPS) is 13.1. The summed E-state index contributed by atoms with van der Waals surface area (Å²) in [5.41, 5.74) is 10.5. The van der Waals surface area contributed by atoms with Crippen LogP contribution in [0.15, 0.2) is 30.6 Å². The Bertz CT molecular complexity index is 520. The van der Waals surface area contributed by atoms with Crippen LogP contribution in [0.2, 0.25) is 0 Å². The molecule has 1 aromatic carbocycles. The van der Waals surface area contributed by atoms with Crippen molar-refractivity contribution in [1.29, 1.82) is 0 Å². The Morgan fingerprint density at radius 1 is 1.07 bits per heavy atom. The van der Waals surface area contributed by atoms with Gasteiger partial charge in [-0.3, -0.25) is 0 Å². The molecule has 0 unspecified atom stereocenters. The highest BCUT2D eigenvalue weighted by molar-refractivity contribution is 5.79. The minimum Gasteiger partial charge on any atom is -0.383 e. The number of nitrogens with two attached hydrogens (primary N) is 1. The fraction of sp³-hybridized carbons (Fsp3) is 0.167. The van der Waals surface area contributed by atoms with Crippen molar-refractivity contribution in [3.63, 3.8) is 0 Å². The zero-order valence-corrected chi connectivity index (χ0v) is 8.27. The lowest BCUT2D eigenvalue weighted by Crippen LogP contribution is -2.09. The molecule has 0 radical (unpaired) electrons. The maximum Gasteiger partial charge on any atom is 0.134 e. The van der Waals surface area contributed by atoms with Crippen molar-refractivity contribution in [1.82, 2.24) is 9.97 Å². The fourth-order valence-electron chi connectivity index (χ4n) is 2.16. The van der Waals surface area contributed by atoms with Gasteiger partial charge in [0.1, 0.15) is 12.1 Å². The van der Waals surface area contributed by atoms with Crippen molar-refractivity contribution >= 4 is 5.82 Å². The summed E-state index contributed by atoms with van der Waals surface area (Å²) >= 11 is 0. The van der Waals surface area contributed by atoms with E-state index in [2.05, 4.69) is 28.2 Å². The van der Waals surface area contributed by atoms with Crippen molar-refractivity contribution in [3.05, 3.63) is 41.9 Å². The number of nitrogen functional groups attached to an aromatic ring is 1. The van der Waals surface area contributed by atoms with Crippen LogP contribution in [0, 0.1) is 0 Å². The number of fused-ring (bicyclic) bond motifs is 3. The van der Waals surface area contributed by atoms with Gasteiger partial charge >= 0.3 is 0 Å². The van der Waals surface area contributed by atoms with Crippen molar-refractivity contribution in [3.8, 4) is 11.1 Å². The SMILES string of the molecule is Nc1ncnc2c1-c1ccccc1CC2. The van der Waals surface area contributed by atoms with Gasteiger partial charge in [-0.25, -0.2) is 9.97 Å². The molecule has 0 bridgehead atoms. The first-order chi connectivity index (χ1) is 7.36. The second-order valence-electron chi connectivity index (χ2n) is 3.74. The number of hydrogen-bond acceptors (Lipinski definition) is 3. The number of nitrogens with zero attached hydrogens (tertiary/aromatic N) is 2. The molecule has 1 aliphatic carbocycles. The lowest BCUT2D eigenvalue weighted by molar-refractivity contribution is 0.885. The number of anilines is 1. The number of hydrogen-bond donors (Lipinski definition) is 1. The summed E-state index contributed by atoms with van der Waals surface area (Å²) in [6, 6.07) is 8.32. The first-order valence-corrected chi connectivity index (χ1v) is 5.04. The summed E-state index contributed by atoms with van der Waals surface area (Å²) in [6.45, 7) is 0. The molecule has 3 nitrogen and oxygen atoms in total. The van der Waals surface area contributed by atoms with E-state index < -0.39 is 0 Å². The van der Waals surface area contributed by atoms with E-state index in [-0.39, 0.29) is 0 Å². The van der Waals surface area contributed by atoms with E-state index in [0.717, 1.165) is 24.1 Å². The molecule has 0 saturated heterocycles. The van der Waals surface area contributed by atoms with E-state index in [1.165, 1.54) is 11.1 Å². The maximum atomic E-state index is 5.91. The Labute approximate surface area is 88.0 Å². The highest BCUT2D eigenvalue weighted by Crippen LogP contribution is 2.34. The van der Waals surface area contributed by atoms with E-state index in [1.807, 2.05) is 6.07 Å². The van der Waals surface area contributed by atoms with Gasteiger partial charge in [0.15, 0.2) is 0 Å². The van der Waals surface area contributed by atoms with Gasteiger partial charge in [0.2, 0.25) is 0 Å². The summed E-state index contributed by atoms with van der Waals surface area (Å²) in [4.78, 5) is 8.35. The largest absolute Gasteiger partial charge is 0.383 e. The predicted molar refractivity (Wildman–Crippen MR) is 59.3 cm³/mol. The molecule has 0 spiro atoms. The van der Waals surface area contributed by atoms with E-state index in [1.54, 1.807) is 6.33 Å². The zero-order chi connectivity index (χ0) is 10.3. The smallest absolute Gasteiger partial charge is 0.134 e. The molecule has 0 atom stereocenters. The molecule has 74 valence electrons. The van der Waals surface area contributed by atoms with Crippen molar-refractivity contribution in [2.75, 3.05) is 5.73 Å². The first kappa shape index (κ1) is 8.41. The molecule has 3 rings (SSSR count). The van der Waals surface area contributed by atoms with Crippen LogP contribution in [-0.4, -0.2) is 9.97 Å². The van der Waals surface area contributed by atoms with Crippen LogP contribution < -0.4 is 5.73 Å². The van der Waals surface area contributed by atoms with Crippen LogP contribution in [0.1, 0.15) is 11.3 Å². The Balaban J connectivity index is 2.33. The summed E-state index contributed by atoms with van der Waals surface area (Å²) in [6.07, 6.45) is 3.54. The number of benzene rings is 1. The Morgan fingerprint density at radius 3 is 2.87 bits per heavy atom. The molecule has 1 aromatic heterocycles. The topological polar surface area (TPSA) is 51.8 Å². The molecule has 0 saturated carbocycles. The minimum atomic E-state index is 0.590. The molecule has 0 amide bonds. The third-order valence-electron chi connectivity index (χ3n) is 2.87. The molecule has 15 heavy (non-hydrogen) atoms. The third kappa shape index (κ3) is 1.20. The first-order valence-electron chi connectivity index (χ1n) is 5.04. The van der Waals surface area contributed by atoms with Crippen molar-refractivity contribution in [2.24, 2.45) is 0 Å². The lowest BCUT2D eigenvalue weighted by Gasteiger charge is -2.19. The van der Waals surface area contributed by atoms with Gasteiger partial charge in [0.25, 0.3) is 0 Å². The average Bonchev–Trinajstić information content (AvgIpc) is 2.29. The molecule has 2 N–H and O–H groups in total. The van der Waals surface area contributed by atoms with Crippen LogP contribution in [0.25, 0.3) is 11.1 Å². The quantitative estimate of drug-likeness (QED) is 0.701. The summed E-state index contributed by atoms with van der Waals surface area (Å²) in [5.74, 6) is 0.590. The summed E-state index contributed by atoms with van der Waals surface area (Å²) in [7, 11) is 0. The molecule has 1 aliphatic rings. The van der Waals surface area contributed by atoms with E-state index in [0.29, 0.717) is 5.82 Å². The molecule has 2 aromatic rings. The number of rotatable bonds is 0. The van der Waals surface area contributed by atoms with E-state index >= 15 is 0 Å². The van der Waals surface area contributed by atoms with Crippen LogP contribution in [0.4, 0.5) is 5.82 Å². The van der Waals surface area contributed by atoms with E-state index in [4.69, 9.17) is 5.73 Å². The second-order valence-corrected chi connectivity index (χ2v) is 3.74. The Kier molecular flexibility index (Phi) is 1.71. The van der Waals surface area contributed by atoms with Gasteiger partial charge in [0, 0.05) is 5.56 Å². The van der Waals surface area contributed by atoms with Gasteiger partial charge in [-0.15, -0.1) is 0 Å². The summed E-state index contributed by atoms with van der Waals surface area (Å²) < 4.78 is 0. The Hall–Kier alpha value is -1.90. The highest BCUT2D eigenvalue weighted by atomic mass is 14.9. The molecule has 1 heterocycles. The Morgan fingerprint density at radius 2 is 1.93 bits per heavy atom. The van der Waals surface area contributed by atoms with Gasteiger partial charge in [-0.05, 0) is 24.0 Å². The maximum absolute atomic E-state index is 5.91. The zero-order valence-electron chi connectivity index (χ0n) is 8.27. The number of aromatic nitrogens is 2. The predicted octanol–water partition coefficient (Wildman–Crippen LogP) is 1.82. The third-order valence-corrected chi connectivity index (χ3v) is 2.87.